The molecule has 0 amide bonds. The lowest BCUT2D eigenvalue weighted by atomic mass is 10.0. The molecule has 2 N–H and O–H groups in total. The van der Waals surface area contributed by atoms with Gasteiger partial charge in [-0.1, -0.05) is 54.6 Å². The van der Waals surface area contributed by atoms with Gasteiger partial charge < -0.3 is 9.72 Å². The van der Waals surface area contributed by atoms with Gasteiger partial charge in [0.1, 0.15) is 23.9 Å². The molecule has 0 spiro atoms. The fraction of sp³-hybridized carbons (Fsp3) is 0.0312. The Labute approximate surface area is 223 Å². The summed E-state index contributed by atoms with van der Waals surface area (Å²) >= 11 is 0. The first kappa shape index (κ1) is 22.9. The van der Waals surface area contributed by atoms with Crippen molar-refractivity contribution >= 4 is 21.9 Å². The minimum Gasteiger partial charge on any atom is -0.487 e. The number of fused-ring (bicyclic) bond motifs is 2. The maximum Gasteiger partial charge on any atom is 0.155 e. The number of hydrogen-bond acceptors (Lipinski definition) is 4. The number of rotatable bonds is 6. The summed E-state index contributed by atoms with van der Waals surface area (Å²) in [6.07, 6.45) is 5.31. The van der Waals surface area contributed by atoms with Gasteiger partial charge in [0.2, 0.25) is 0 Å². The third-order valence-corrected chi connectivity index (χ3v) is 6.77. The Hall–Kier alpha value is -5.30. The zero-order valence-electron chi connectivity index (χ0n) is 20.7. The number of nitrogens with zero attached hydrogens (tertiary/aromatic N) is 3. The molecule has 0 aliphatic heterocycles. The topological polar surface area (TPSA) is 79.5 Å². The highest BCUT2D eigenvalue weighted by Crippen LogP contribution is 2.35. The van der Waals surface area contributed by atoms with E-state index in [4.69, 9.17) is 4.74 Å². The van der Waals surface area contributed by atoms with Gasteiger partial charge in [0, 0.05) is 39.8 Å². The number of aromatic amines is 2. The van der Waals surface area contributed by atoms with Crippen LogP contribution in [0.15, 0.2) is 110 Å². The van der Waals surface area contributed by atoms with Crippen LogP contribution >= 0.6 is 0 Å². The SMILES string of the molecule is Fc1cccc(-c2cccc3[nH]c(-c4n[nH]c5ncc(-c6cncc(OCc7ccccc7)c6)cc45)cc23)c1. The zero-order valence-corrected chi connectivity index (χ0v) is 20.7. The molecule has 0 saturated heterocycles. The van der Waals surface area contributed by atoms with Crippen LogP contribution in [0.2, 0.25) is 0 Å². The summed E-state index contributed by atoms with van der Waals surface area (Å²) in [5.74, 6) is 0.422. The van der Waals surface area contributed by atoms with Crippen LogP contribution in [0, 0.1) is 5.82 Å². The Morgan fingerprint density at radius 2 is 1.62 bits per heavy atom. The molecule has 0 saturated carbocycles. The summed E-state index contributed by atoms with van der Waals surface area (Å²) in [6.45, 7) is 0.465. The van der Waals surface area contributed by atoms with E-state index in [1.807, 2.05) is 60.7 Å². The summed E-state index contributed by atoms with van der Waals surface area (Å²) in [7, 11) is 0. The van der Waals surface area contributed by atoms with Crippen molar-refractivity contribution in [1.82, 2.24) is 25.1 Å². The summed E-state index contributed by atoms with van der Waals surface area (Å²) in [6, 6.07) is 28.7. The third-order valence-electron chi connectivity index (χ3n) is 6.77. The Morgan fingerprint density at radius 3 is 2.51 bits per heavy atom. The van der Waals surface area contributed by atoms with Crippen LogP contribution in [0.1, 0.15) is 5.56 Å². The van der Waals surface area contributed by atoms with Gasteiger partial charge >= 0.3 is 0 Å². The van der Waals surface area contributed by atoms with Crippen molar-refractivity contribution in [2.24, 2.45) is 0 Å². The molecule has 0 fully saturated rings. The van der Waals surface area contributed by atoms with Gasteiger partial charge in [0.15, 0.2) is 5.65 Å². The van der Waals surface area contributed by atoms with Crippen LogP contribution in [-0.4, -0.2) is 25.1 Å². The second kappa shape index (κ2) is 9.54. The van der Waals surface area contributed by atoms with Gasteiger partial charge in [0.25, 0.3) is 0 Å². The van der Waals surface area contributed by atoms with E-state index in [9.17, 15) is 4.39 Å². The number of nitrogens with one attached hydrogen (secondary N) is 2. The van der Waals surface area contributed by atoms with E-state index in [1.54, 1.807) is 30.7 Å². The molecule has 3 aromatic carbocycles. The van der Waals surface area contributed by atoms with Crippen molar-refractivity contribution in [3.8, 4) is 39.4 Å². The van der Waals surface area contributed by atoms with Crippen molar-refractivity contribution in [3.63, 3.8) is 0 Å². The van der Waals surface area contributed by atoms with Gasteiger partial charge in [0.05, 0.1) is 11.9 Å². The van der Waals surface area contributed by atoms with Crippen molar-refractivity contribution < 1.29 is 9.13 Å². The second-order valence-electron chi connectivity index (χ2n) is 9.34. The van der Waals surface area contributed by atoms with E-state index in [2.05, 4.69) is 37.3 Å². The van der Waals surface area contributed by atoms with Crippen LogP contribution in [0.4, 0.5) is 4.39 Å². The molecule has 0 radical (unpaired) electrons. The van der Waals surface area contributed by atoms with Crippen molar-refractivity contribution in [2.75, 3.05) is 0 Å². The maximum absolute atomic E-state index is 13.9. The highest BCUT2D eigenvalue weighted by Gasteiger charge is 2.15. The highest BCUT2D eigenvalue weighted by atomic mass is 19.1. The Bertz CT molecular complexity index is 1940. The van der Waals surface area contributed by atoms with Crippen LogP contribution in [0.3, 0.4) is 0 Å². The van der Waals surface area contributed by atoms with E-state index in [0.29, 0.717) is 18.0 Å². The Morgan fingerprint density at radius 1 is 0.744 bits per heavy atom. The molecule has 7 rings (SSSR count). The molecule has 0 aliphatic rings. The lowest BCUT2D eigenvalue weighted by Gasteiger charge is -2.08. The number of aromatic nitrogens is 5. The average Bonchev–Trinajstić information content (AvgIpc) is 3.60. The lowest BCUT2D eigenvalue weighted by Crippen LogP contribution is -1.96. The van der Waals surface area contributed by atoms with Crippen molar-refractivity contribution in [2.45, 2.75) is 6.61 Å². The molecule has 4 aromatic heterocycles. The van der Waals surface area contributed by atoms with Crippen LogP contribution < -0.4 is 4.74 Å². The number of pyridine rings is 2. The van der Waals surface area contributed by atoms with E-state index < -0.39 is 0 Å². The summed E-state index contributed by atoms with van der Waals surface area (Å²) in [5, 5.41) is 9.48. The maximum atomic E-state index is 13.9. The minimum atomic E-state index is -0.263. The fourth-order valence-corrected chi connectivity index (χ4v) is 4.85. The van der Waals surface area contributed by atoms with Gasteiger partial charge in [-0.05, 0) is 53.1 Å². The molecule has 0 aliphatic carbocycles. The normalized spacial score (nSPS) is 11.3. The van der Waals surface area contributed by atoms with E-state index in [0.717, 1.165) is 55.5 Å². The molecule has 0 atom stereocenters. The minimum absolute atomic E-state index is 0.263. The number of hydrogen-bond donors (Lipinski definition) is 2. The monoisotopic (exact) mass is 511 g/mol. The largest absolute Gasteiger partial charge is 0.487 e. The molecule has 4 heterocycles. The molecule has 6 nitrogen and oxygen atoms in total. The number of halogens is 1. The molecule has 188 valence electrons. The van der Waals surface area contributed by atoms with Crippen LogP contribution in [0.25, 0.3) is 55.6 Å². The number of ether oxygens (including phenoxy) is 1. The van der Waals surface area contributed by atoms with E-state index in [-0.39, 0.29) is 5.82 Å². The lowest BCUT2D eigenvalue weighted by molar-refractivity contribution is 0.305. The van der Waals surface area contributed by atoms with E-state index >= 15 is 0 Å². The smallest absolute Gasteiger partial charge is 0.155 e. The van der Waals surface area contributed by atoms with Gasteiger partial charge in [-0.3, -0.25) is 10.1 Å². The van der Waals surface area contributed by atoms with Gasteiger partial charge in [-0.15, -0.1) is 0 Å². The average molecular weight is 512 g/mol. The second-order valence-corrected chi connectivity index (χ2v) is 9.34. The first-order valence-electron chi connectivity index (χ1n) is 12.6. The number of benzene rings is 3. The number of H-pyrrole nitrogens is 2. The zero-order chi connectivity index (χ0) is 26.2. The quantitative estimate of drug-likeness (QED) is 0.242. The van der Waals surface area contributed by atoms with Crippen LogP contribution in [0.5, 0.6) is 5.75 Å². The molecule has 7 aromatic rings. The first-order chi connectivity index (χ1) is 19.2. The first-order valence-corrected chi connectivity index (χ1v) is 12.6. The van der Waals surface area contributed by atoms with Crippen molar-refractivity contribution in [3.05, 3.63) is 121 Å². The standard InChI is InChI=1S/C32H22FN5O/c33-24-9-4-8-21(12-24)26-10-5-11-29-27(26)15-30(36-29)31-28-14-23(17-35-32(28)38-37-31)22-13-25(18-34-16-22)39-19-20-6-2-1-3-7-20/h1-18,36H,19H2,(H,35,37,38). The summed E-state index contributed by atoms with van der Waals surface area (Å²) < 4.78 is 19.9. The van der Waals surface area contributed by atoms with Crippen LogP contribution in [-0.2, 0) is 6.61 Å². The Balaban J connectivity index is 1.24. The summed E-state index contributed by atoms with van der Waals surface area (Å²) in [4.78, 5) is 12.5. The predicted molar refractivity (Wildman–Crippen MR) is 151 cm³/mol. The van der Waals surface area contributed by atoms with Gasteiger partial charge in [-0.2, -0.15) is 5.10 Å². The highest BCUT2D eigenvalue weighted by molar-refractivity contribution is 6.01. The van der Waals surface area contributed by atoms with Gasteiger partial charge in [-0.25, -0.2) is 9.37 Å². The molecular formula is C32H22FN5O. The molecule has 7 heteroatoms. The molecule has 39 heavy (non-hydrogen) atoms. The van der Waals surface area contributed by atoms with E-state index in [1.165, 1.54) is 6.07 Å². The predicted octanol–water partition coefficient (Wildman–Crippen LogP) is 7.55. The molecule has 0 bridgehead atoms. The van der Waals surface area contributed by atoms with Crippen molar-refractivity contribution in [1.29, 1.82) is 0 Å². The summed E-state index contributed by atoms with van der Waals surface area (Å²) in [5.41, 5.74) is 7.89. The Kier molecular flexibility index (Phi) is 5.59. The molecule has 0 unspecified atom stereocenters. The third kappa shape index (κ3) is 4.40. The molecular weight excluding hydrogens is 489 g/mol. The fourth-order valence-electron chi connectivity index (χ4n) is 4.85.